The van der Waals surface area contributed by atoms with E-state index in [0.717, 1.165) is 18.0 Å². The van der Waals surface area contributed by atoms with Crippen molar-refractivity contribution in [1.29, 1.82) is 0 Å². The van der Waals surface area contributed by atoms with Gasteiger partial charge in [0.2, 0.25) is 5.90 Å². The van der Waals surface area contributed by atoms with E-state index in [0.29, 0.717) is 11.6 Å². The zero-order valence-electron chi connectivity index (χ0n) is 10.2. The normalized spacial score (nSPS) is 18.9. The van der Waals surface area contributed by atoms with Crippen LogP contribution in [0.2, 0.25) is 0 Å². The Morgan fingerprint density at radius 1 is 1.65 bits per heavy atom. The average Bonchev–Trinajstić information content (AvgIpc) is 2.29. The third-order valence-electron chi connectivity index (χ3n) is 2.10. The second-order valence-electron chi connectivity index (χ2n) is 3.87. The van der Waals surface area contributed by atoms with Crippen molar-refractivity contribution in [2.75, 3.05) is 6.54 Å². The summed E-state index contributed by atoms with van der Waals surface area (Å²) in [5, 5.41) is 3.13. The van der Waals surface area contributed by atoms with Gasteiger partial charge in [-0.2, -0.15) is 5.90 Å². The van der Waals surface area contributed by atoms with E-state index < -0.39 is 0 Å². The maximum Gasteiger partial charge on any atom is 0.238 e. The molecular weight excluding hydrogens is 216 g/mol. The van der Waals surface area contributed by atoms with Gasteiger partial charge in [-0.25, -0.2) is 4.99 Å². The first kappa shape index (κ1) is 13.2. The van der Waals surface area contributed by atoms with Crippen LogP contribution in [-0.4, -0.2) is 24.2 Å². The lowest BCUT2D eigenvalue weighted by molar-refractivity contribution is 0.323. The molecule has 17 heavy (non-hydrogen) atoms. The lowest BCUT2D eigenvalue weighted by atomic mass is 10.2. The molecule has 0 aromatic rings. The molecule has 92 valence electrons. The Kier molecular flexibility index (Phi) is 4.66. The topological polar surface area (TPSA) is 72.0 Å². The van der Waals surface area contributed by atoms with Crippen molar-refractivity contribution in [3.05, 3.63) is 36.7 Å². The first-order valence-corrected chi connectivity index (χ1v) is 5.33. The van der Waals surface area contributed by atoms with Gasteiger partial charge in [0.05, 0.1) is 17.5 Å². The van der Waals surface area contributed by atoms with Gasteiger partial charge in [-0.15, -0.1) is 0 Å². The molecule has 0 aromatic heterocycles. The standard InChI is InChI=1S/C12H18N4O/c1-8(2)14-7-9(3)15-11-5-6-12(17-13)16-10(11)4/h5-6,9,14H,1,4,7,13H2,2-3H3/b15-11-. The molecule has 5 nitrogen and oxygen atoms in total. The van der Waals surface area contributed by atoms with Gasteiger partial charge in [-0.1, -0.05) is 13.2 Å². The summed E-state index contributed by atoms with van der Waals surface area (Å²) in [5.74, 6) is 5.35. The summed E-state index contributed by atoms with van der Waals surface area (Å²) < 4.78 is 0. The van der Waals surface area contributed by atoms with Crippen LogP contribution in [0.25, 0.3) is 0 Å². The predicted molar refractivity (Wildman–Crippen MR) is 70.7 cm³/mol. The van der Waals surface area contributed by atoms with E-state index in [1.165, 1.54) is 0 Å². The van der Waals surface area contributed by atoms with Crippen LogP contribution in [0.15, 0.2) is 46.7 Å². The van der Waals surface area contributed by atoms with Crippen LogP contribution >= 0.6 is 0 Å². The van der Waals surface area contributed by atoms with Crippen molar-refractivity contribution < 1.29 is 4.84 Å². The quantitative estimate of drug-likeness (QED) is 0.720. The van der Waals surface area contributed by atoms with Crippen LogP contribution in [0.5, 0.6) is 0 Å². The maximum absolute atomic E-state index is 5.01. The van der Waals surface area contributed by atoms with E-state index in [-0.39, 0.29) is 6.04 Å². The van der Waals surface area contributed by atoms with Crippen molar-refractivity contribution in [3.8, 4) is 0 Å². The van der Waals surface area contributed by atoms with Gasteiger partial charge < -0.3 is 10.2 Å². The van der Waals surface area contributed by atoms with Gasteiger partial charge in [0.25, 0.3) is 0 Å². The Morgan fingerprint density at radius 2 is 2.35 bits per heavy atom. The van der Waals surface area contributed by atoms with Crippen LogP contribution < -0.4 is 11.2 Å². The molecule has 0 bridgehead atoms. The summed E-state index contributed by atoms with van der Waals surface area (Å²) in [4.78, 5) is 13.0. The lowest BCUT2D eigenvalue weighted by Crippen LogP contribution is -2.23. The summed E-state index contributed by atoms with van der Waals surface area (Å²) in [6, 6.07) is 0.110. The van der Waals surface area contributed by atoms with Crippen molar-refractivity contribution in [3.63, 3.8) is 0 Å². The third-order valence-corrected chi connectivity index (χ3v) is 2.10. The molecule has 0 spiro atoms. The highest BCUT2D eigenvalue weighted by molar-refractivity contribution is 6.14. The van der Waals surface area contributed by atoms with Gasteiger partial charge in [0, 0.05) is 18.3 Å². The number of hydrogen-bond acceptors (Lipinski definition) is 5. The molecule has 0 aromatic carbocycles. The van der Waals surface area contributed by atoms with E-state index >= 15 is 0 Å². The van der Waals surface area contributed by atoms with Crippen LogP contribution in [-0.2, 0) is 4.84 Å². The minimum absolute atomic E-state index is 0.110. The third kappa shape index (κ3) is 4.24. The van der Waals surface area contributed by atoms with E-state index in [9.17, 15) is 0 Å². The number of nitrogens with two attached hydrogens (primary N) is 1. The second kappa shape index (κ2) is 6.00. The Bertz CT molecular complexity index is 407. The highest BCUT2D eigenvalue weighted by Gasteiger charge is 2.10. The monoisotopic (exact) mass is 234 g/mol. The number of allylic oxidation sites excluding steroid dienone is 2. The summed E-state index contributed by atoms with van der Waals surface area (Å²) in [6.45, 7) is 12.2. The van der Waals surface area contributed by atoms with Crippen LogP contribution in [0.4, 0.5) is 0 Å². The minimum atomic E-state index is 0.110. The van der Waals surface area contributed by atoms with Gasteiger partial charge in [0.15, 0.2) is 0 Å². The summed E-state index contributed by atoms with van der Waals surface area (Å²) in [5.41, 5.74) is 2.21. The molecule has 1 heterocycles. The molecule has 3 N–H and O–H groups in total. The fraction of sp³-hybridized carbons (Fsp3) is 0.333. The van der Waals surface area contributed by atoms with Crippen LogP contribution in [0.3, 0.4) is 0 Å². The zero-order valence-corrected chi connectivity index (χ0v) is 10.2. The fourth-order valence-corrected chi connectivity index (χ4v) is 1.26. The summed E-state index contributed by atoms with van der Waals surface area (Å²) in [7, 11) is 0. The maximum atomic E-state index is 5.01. The molecule has 5 heteroatoms. The Balaban J connectivity index is 2.62. The molecule has 1 unspecified atom stereocenters. The molecule has 0 amide bonds. The van der Waals surface area contributed by atoms with Gasteiger partial charge in [0.1, 0.15) is 0 Å². The van der Waals surface area contributed by atoms with Gasteiger partial charge in [-0.05, 0) is 19.9 Å². The Labute approximate surface area is 101 Å². The van der Waals surface area contributed by atoms with Crippen LogP contribution in [0, 0.1) is 0 Å². The molecule has 0 aliphatic carbocycles. The SMILES string of the molecule is C=C(C)NCC(C)/N=C1/C=CC(ON)=NC1=C. The molecular formula is C12H18N4O. The molecule has 0 fully saturated rings. The number of aliphatic imine (C=N–C) groups is 2. The molecule has 1 atom stereocenters. The Morgan fingerprint density at radius 3 is 2.88 bits per heavy atom. The number of nitrogens with one attached hydrogen (secondary N) is 1. The van der Waals surface area contributed by atoms with E-state index in [4.69, 9.17) is 5.90 Å². The summed E-state index contributed by atoms with van der Waals surface area (Å²) >= 11 is 0. The predicted octanol–water partition coefficient (Wildman–Crippen LogP) is 1.31. The van der Waals surface area contributed by atoms with Crippen molar-refractivity contribution in [1.82, 2.24) is 5.32 Å². The molecule has 1 aliphatic heterocycles. The van der Waals surface area contributed by atoms with Crippen molar-refractivity contribution in [2.24, 2.45) is 15.9 Å². The lowest BCUT2D eigenvalue weighted by Gasteiger charge is -2.13. The van der Waals surface area contributed by atoms with E-state index in [1.807, 2.05) is 13.8 Å². The molecule has 0 saturated heterocycles. The summed E-state index contributed by atoms with van der Waals surface area (Å²) in [6.07, 6.45) is 3.45. The first-order valence-electron chi connectivity index (χ1n) is 5.33. The number of dihydropyridines is 1. The highest BCUT2D eigenvalue weighted by Crippen LogP contribution is 2.08. The second-order valence-corrected chi connectivity index (χ2v) is 3.87. The van der Waals surface area contributed by atoms with Crippen molar-refractivity contribution >= 4 is 11.6 Å². The van der Waals surface area contributed by atoms with E-state index in [1.54, 1.807) is 12.2 Å². The molecule has 1 rings (SSSR count). The first-order chi connectivity index (χ1) is 8.02. The molecule has 1 aliphatic rings. The Hall–Kier alpha value is -1.88. The van der Waals surface area contributed by atoms with Gasteiger partial charge >= 0.3 is 0 Å². The van der Waals surface area contributed by atoms with Crippen molar-refractivity contribution in [2.45, 2.75) is 19.9 Å². The zero-order chi connectivity index (χ0) is 12.8. The number of hydrogen-bond donors (Lipinski definition) is 2. The van der Waals surface area contributed by atoms with Gasteiger partial charge in [-0.3, -0.25) is 4.99 Å². The highest BCUT2D eigenvalue weighted by atomic mass is 16.6. The van der Waals surface area contributed by atoms with E-state index in [2.05, 4.69) is 33.3 Å². The number of rotatable bonds is 4. The average molecular weight is 234 g/mol. The molecule has 0 radical (unpaired) electrons. The molecule has 0 saturated carbocycles. The minimum Gasteiger partial charge on any atom is -0.391 e. The fourth-order valence-electron chi connectivity index (χ4n) is 1.26. The van der Waals surface area contributed by atoms with Crippen LogP contribution in [0.1, 0.15) is 13.8 Å². The largest absolute Gasteiger partial charge is 0.391 e. The number of nitrogens with zero attached hydrogens (tertiary/aromatic N) is 2. The smallest absolute Gasteiger partial charge is 0.238 e.